The first kappa shape index (κ1) is 11.4. The van der Waals surface area contributed by atoms with Crippen LogP contribution in [0.1, 0.15) is 25.0 Å². The van der Waals surface area contributed by atoms with E-state index < -0.39 is 5.41 Å². The normalized spacial score (nSPS) is 10.9. The molecule has 0 bridgehead atoms. The number of aromatic hydroxyl groups is 1. The molecule has 80 valence electrons. The number of benzene rings is 1. The van der Waals surface area contributed by atoms with Gasteiger partial charge in [-0.1, -0.05) is 0 Å². The Morgan fingerprint density at radius 2 is 2.00 bits per heavy atom. The van der Waals surface area contributed by atoms with Crippen molar-refractivity contribution in [2.24, 2.45) is 0 Å². The summed E-state index contributed by atoms with van der Waals surface area (Å²) < 4.78 is 5.14. The van der Waals surface area contributed by atoms with Crippen LogP contribution >= 0.6 is 0 Å². The fraction of sp³-hybridized carbons (Fsp3) is 0.417. The van der Waals surface area contributed by atoms with Crippen molar-refractivity contribution in [3.63, 3.8) is 0 Å². The fourth-order valence-electron chi connectivity index (χ4n) is 1.31. The van der Waals surface area contributed by atoms with Gasteiger partial charge in [-0.05, 0) is 38.5 Å². The van der Waals surface area contributed by atoms with Crippen LogP contribution in [-0.2, 0) is 5.41 Å². The molecule has 0 aliphatic carbocycles. The lowest BCUT2D eigenvalue weighted by atomic mass is 9.85. The van der Waals surface area contributed by atoms with Crippen molar-refractivity contribution < 1.29 is 9.84 Å². The predicted molar refractivity (Wildman–Crippen MR) is 58.0 cm³/mol. The monoisotopic (exact) mass is 205 g/mol. The molecule has 0 radical (unpaired) electrons. The van der Waals surface area contributed by atoms with Crippen LogP contribution in [0.5, 0.6) is 11.5 Å². The molecule has 0 amide bonds. The van der Waals surface area contributed by atoms with Crippen molar-refractivity contribution in [3.8, 4) is 17.6 Å². The summed E-state index contributed by atoms with van der Waals surface area (Å²) >= 11 is 0. The highest BCUT2D eigenvalue weighted by Crippen LogP contribution is 2.33. The molecule has 1 N–H and O–H groups in total. The zero-order chi connectivity index (χ0) is 11.6. The molecule has 3 nitrogen and oxygen atoms in total. The van der Waals surface area contributed by atoms with Crippen molar-refractivity contribution in [2.75, 3.05) is 7.11 Å². The number of methoxy groups -OCH3 is 1. The van der Waals surface area contributed by atoms with E-state index in [1.165, 1.54) is 0 Å². The van der Waals surface area contributed by atoms with Crippen LogP contribution in [0, 0.1) is 18.3 Å². The van der Waals surface area contributed by atoms with Gasteiger partial charge in [0.1, 0.15) is 11.5 Å². The van der Waals surface area contributed by atoms with Crippen molar-refractivity contribution in [1.82, 2.24) is 0 Å². The second-order valence-electron chi connectivity index (χ2n) is 4.06. The standard InChI is InChI=1S/C12H15NO2/c1-8-10(14)5-9(6-11(8)15-4)12(2,3)7-13/h5-6,14H,1-4H3. The molecule has 1 aromatic carbocycles. The molecule has 0 aromatic heterocycles. The molecule has 0 unspecified atom stereocenters. The Hall–Kier alpha value is -1.69. The van der Waals surface area contributed by atoms with E-state index in [4.69, 9.17) is 10.00 Å². The molecule has 1 rings (SSSR count). The van der Waals surface area contributed by atoms with E-state index in [9.17, 15) is 5.11 Å². The Morgan fingerprint density at radius 1 is 1.40 bits per heavy atom. The summed E-state index contributed by atoms with van der Waals surface area (Å²) in [5.41, 5.74) is 0.818. The maximum Gasteiger partial charge on any atom is 0.125 e. The zero-order valence-electron chi connectivity index (χ0n) is 9.46. The molecule has 0 atom stereocenters. The number of nitriles is 1. The molecule has 0 saturated carbocycles. The number of rotatable bonds is 2. The number of phenols is 1. The molecule has 1 aromatic rings. The first-order valence-corrected chi connectivity index (χ1v) is 4.71. The average Bonchev–Trinajstić information content (AvgIpc) is 2.21. The maximum absolute atomic E-state index is 9.68. The van der Waals surface area contributed by atoms with E-state index in [0.717, 1.165) is 5.56 Å². The molecule has 0 fully saturated rings. The van der Waals surface area contributed by atoms with E-state index >= 15 is 0 Å². The second kappa shape index (κ2) is 3.82. The van der Waals surface area contributed by atoms with Crippen LogP contribution in [0.25, 0.3) is 0 Å². The summed E-state index contributed by atoms with van der Waals surface area (Å²) in [6.45, 7) is 5.38. The van der Waals surface area contributed by atoms with Crippen LogP contribution in [-0.4, -0.2) is 12.2 Å². The molecule has 0 spiro atoms. The molecular weight excluding hydrogens is 190 g/mol. The minimum atomic E-state index is -0.627. The molecule has 3 heteroatoms. The molecule has 15 heavy (non-hydrogen) atoms. The highest BCUT2D eigenvalue weighted by molar-refractivity contribution is 5.49. The van der Waals surface area contributed by atoms with Gasteiger partial charge in [0.15, 0.2) is 0 Å². The van der Waals surface area contributed by atoms with E-state index in [-0.39, 0.29) is 5.75 Å². The minimum absolute atomic E-state index is 0.160. The summed E-state index contributed by atoms with van der Waals surface area (Å²) in [6, 6.07) is 5.59. The third-order valence-corrected chi connectivity index (χ3v) is 2.55. The second-order valence-corrected chi connectivity index (χ2v) is 4.06. The Labute approximate surface area is 89.9 Å². The number of hydrogen-bond acceptors (Lipinski definition) is 3. The van der Waals surface area contributed by atoms with Crippen molar-refractivity contribution >= 4 is 0 Å². The highest BCUT2D eigenvalue weighted by atomic mass is 16.5. The smallest absolute Gasteiger partial charge is 0.125 e. The van der Waals surface area contributed by atoms with Gasteiger partial charge < -0.3 is 9.84 Å². The maximum atomic E-state index is 9.68. The Kier molecular flexibility index (Phi) is 2.90. The minimum Gasteiger partial charge on any atom is -0.508 e. The SMILES string of the molecule is COc1cc(C(C)(C)C#N)cc(O)c1C. The van der Waals surface area contributed by atoms with E-state index in [1.54, 1.807) is 40.0 Å². The summed E-state index contributed by atoms with van der Waals surface area (Å²) in [4.78, 5) is 0. The van der Waals surface area contributed by atoms with Gasteiger partial charge in [-0.2, -0.15) is 5.26 Å². The van der Waals surface area contributed by atoms with Gasteiger partial charge in [0.2, 0.25) is 0 Å². The van der Waals surface area contributed by atoms with E-state index in [2.05, 4.69) is 6.07 Å². The first-order valence-electron chi connectivity index (χ1n) is 4.71. The Balaban J connectivity index is 3.36. The molecule has 0 aliphatic rings. The van der Waals surface area contributed by atoms with Crippen LogP contribution in [0.3, 0.4) is 0 Å². The van der Waals surface area contributed by atoms with Crippen LogP contribution in [0.4, 0.5) is 0 Å². The van der Waals surface area contributed by atoms with E-state index in [0.29, 0.717) is 11.3 Å². The Morgan fingerprint density at radius 3 is 2.47 bits per heavy atom. The predicted octanol–water partition coefficient (Wildman–Crippen LogP) is 2.51. The van der Waals surface area contributed by atoms with Gasteiger partial charge in [0.25, 0.3) is 0 Å². The summed E-state index contributed by atoms with van der Waals surface area (Å²) in [5.74, 6) is 0.765. The fourth-order valence-corrected chi connectivity index (χ4v) is 1.31. The third-order valence-electron chi connectivity index (χ3n) is 2.55. The summed E-state index contributed by atoms with van der Waals surface area (Å²) in [5, 5.41) is 18.7. The van der Waals surface area contributed by atoms with Gasteiger partial charge in [0, 0.05) is 5.56 Å². The first-order chi connectivity index (χ1) is 6.92. The van der Waals surface area contributed by atoms with Crippen molar-refractivity contribution in [1.29, 1.82) is 5.26 Å². The molecular formula is C12H15NO2. The quantitative estimate of drug-likeness (QED) is 0.807. The summed E-state index contributed by atoms with van der Waals surface area (Å²) in [6.07, 6.45) is 0. The van der Waals surface area contributed by atoms with Crippen LogP contribution in [0.2, 0.25) is 0 Å². The number of phenolic OH excluding ortho intramolecular Hbond substituents is 1. The van der Waals surface area contributed by atoms with Crippen LogP contribution in [0.15, 0.2) is 12.1 Å². The third kappa shape index (κ3) is 2.04. The Bertz CT molecular complexity index is 416. The molecule has 0 aliphatic heterocycles. The molecule has 0 saturated heterocycles. The average molecular weight is 205 g/mol. The van der Waals surface area contributed by atoms with Gasteiger partial charge >= 0.3 is 0 Å². The zero-order valence-corrected chi connectivity index (χ0v) is 9.46. The van der Waals surface area contributed by atoms with Crippen molar-refractivity contribution in [2.45, 2.75) is 26.2 Å². The van der Waals surface area contributed by atoms with E-state index in [1.807, 2.05) is 0 Å². The highest BCUT2D eigenvalue weighted by Gasteiger charge is 2.22. The topological polar surface area (TPSA) is 53.2 Å². The lowest BCUT2D eigenvalue weighted by molar-refractivity contribution is 0.400. The number of hydrogen-bond donors (Lipinski definition) is 1. The summed E-state index contributed by atoms with van der Waals surface area (Å²) in [7, 11) is 1.55. The lowest BCUT2D eigenvalue weighted by Gasteiger charge is -2.18. The lowest BCUT2D eigenvalue weighted by Crippen LogP contribution is -2.14. The number of ether oxygens (including phenoxy) is 1. The van der Waals surface area contributed by atoms with Gasteiger partial charge in [-0.15, -0.1) is 0 Å². The van der Waals surface area contributed by atoms with Gasteiger partial charge in [-0.3, -0.25) is 0 Å². The van der Waals surface area contributed by atoms with Crippen LogP contribution < -0.4 is 4.74 Å². The largest absolute Gasteiger partial charge is 0.508 e. The number of nitrogens with zero attached hydrogens (tertiary/aromatic N) is 1. The molecule has 0 heterocycles. The van der Waals surface area contributed by atoms with Gasteiger partial charge in [0.05, 0.1) is 18.6 Å². The van der Waals surface area contributed by atoms with Gasteiger partial charge in [-0.25, -0.2) is 0 Å². The van der Waals surface area contributed by atoms with Crippen molar-refractivity contribution in [3.05, 3.63) is 23.3 Å².